The standard InChI is InChI=1S/C19H16ClNO5/c1-12(18(23)13-5-4-6-14(20)11-13)25-17(22)9-10-21-15-7-2-3-8-16(15)26-19(21)24/h2-8,11-12H,9-10H2,1H3/t12-/m0/s1. The fourth-order valence-corrected chi connectivity index (χ4v) is 2.81. The van der Waals surface area contributed by atoms with Crippen LogP contribution in [0.1, 0.15) is 23.7 Å². The van der Waals surface area contributed by atoms with Crippen molar-refractivity contribution in [1.29, 1.82) is 0 Å². The molecule has 134 valence electrons. The lowest BCUT2D eigenvalue weighted by Gasteiger charge is -2.12. The first-order valence-electron chi connectivity index (χ1n) is 8.03. The Kier molecular flexibility index (Phi) is 5.23. The van der Waals surface area contributed by atoms with E-state index in [1.807, 2.05) is 0 Å². The predicted molar refractivity (Wildman–Crippen MR) is 96.4 cm³/mol. The largest absolute Gasteiger partial charge is 0.454 e. The highest BCUT2D eigenvalue weighted by molar-refractivity contribution is 6.31. The van der Waals surface area contributed by atoms with Gasteiger partial charge in [-0.05, 0) is 31.2 Å². The van der Waals surface area contributed by atoms with Gasteiger partial charge in [0.1, 0.15) is 0 Å². The first kappa shape index (κ1) is 17.9. The molecule has 0 aliphatic heterocycles. The van der Waals surface area contributed by atoms with Crippen molar-refractivity contribution in [2.75, 3.05) is 0 Å². The molecule has 26 heavy (non-hydrogen) atoms. The van der Waals surface area contributed by atoms with E-state index in [0.29, 0.717) is 21.7 Å². The molecule has 0 spiro atoms. The summed E-state index contributed by atoms with van der Waals surface area (Å²) in [5, 5.41) is 0.431. The van der Waals surface area contributed by atoms with Crippen LogP contribution in [0.25, 0.3) is 11.1 Å². The van der Waals surface area contributed by atoms with Crippen LogP contribution in [0.15, 0.2) is 57.7 Å². The van der Waals surface area contributed by atoms with E-state index in [1.54, 1.807) is 42.5 Å². The number of rotatable bonds is 6. The molecule has 3 aromatic rings. The number of Topliss-reactive ketones (excluding diaryl/α,β-unsaturated/α-hetero) is 1. The van der Waals surface area contributed by atoms with E-state index in [0.717, 1.165) is 0 Å². The number of ether oxygens (including phenoxy) is 1. The molecule has 1 heterocycles. The molecule has 7 heteroatoms. The number of halogens is 1. The van der Waals surface area contributed by atoms with Gasteiger partial charge in [0.25, 0.3) is 0 Å². The van der Waals surface area contributed by atoms with Gasteiger partial charge >= 0.3 is 11.7 Å². The number of ketones is 1. The van der Waals surface area contributed by atoms with Crippen LogP contribution in [0.4, 0.5) is 0 Å². The Labute approximate surface area is 153 Å². The quantitative estimate of drug-likeness (QED) is 0.488. The van der Waals surface area contributed by atoms with Gasteiger partial charge in [-0.1, -0.05) is 35.9 Å². The van der Waals surface area contributed by atoms with Crippen molar-refractivity contribution >= 4 is 34.5 Å². The molecule has 2 aromatic carbocycles. The van der Waals surface area contributed by atoms with Gasteiger partial charge in [-0.25, -0.2) is 4.79 Å². The predicted octanol–water partition coefficient (Wildman–Crippen LogP) is 3.45. The second kappa shape index (κ2) is 7.58. The average Bonchev–Trinajstić information content (AvgIpc) is 2.94. The van der Waals surface area contributed by atoms with Crippen molar-refractivity contribution in [1.82, 2.24) is 4.57 Å². The van der Waals surface area contributed by atoms with E-state index in [2.05, 4.69) is 0 Å². The number of aromatic nitrogens is 1. The highest BCUT2D eigenvalue weighted by Gasteiger charge is 2.20. The van der Waals surface area contributed by atoms with Crippen LogP contribution in [0.2, 0.25) is 5.02 Å². The highest BCUT2D eigenvalue weighted by Crippen LogP contribution is 2.15. The van der Waals surface area contributed by atoms with Gasteiger partial charge in [-0.2, -0.15) is 0 Å². The molecule has 1 aromatic heterocycles. The number of esters is 1. The number of nitrogens with zero attached hydrogens (tertiary/aromatic N) is 1. The van der Waals surface area contributed by atoms with E-state index in [4.69, 9.17) is 20.8 Å². The van der Waals surface area contributed by atoms with Gasteiger partial charge in [0.15, 0.2) is 11.7 Å². The fourth-order valence-electron chi connectivity index (χ4n) is 2.61. The number of hydrogen-bond donors (Lipinski definition) is 0. The zero-order valence-corrected chi connectivity index (χ0v) is 14.7. The number of oxazole rings is 1. The molecule has 0 amide bonds. The SMILES string of the molecule is C[C@H](OC(=O)CCn1c(=O)oc2ccccc21)C(=O)c1cccc(Cl)c1. The van der Waals surface area contributed by atoms with Gasteiger partial charge in [0.2, 0.25) is 5.78 Å². The zero-order chi connectivity index (χ0) is 18.7. The Hall–Kier alpha value is -2.86. The van der Waals surface area contributed by atoms with Crippen molar-refractivity contribution in [3.05, 3.63) is 69.7 Å². The summed E-state index contributed by atoms with van der Waals surface area (Å²) in [6, 6.07) is 13.4. The average molecular weight is 374 g/mol. The van der Waals surface area contributed by atoms with E-state index < -0.39 is 17.8 Å². The minimum Gasteiger partial charge on any atom is -0.454 e. The third-order valence-electron chi connectivity index (χ3n) is 3.90. The zero-order valence-electron chi connectivity index (χ0n) is 14.0. The molecule has 3 rings (SSSR count). The van der Waals surface area contributed by atoms with Crippen molar-refractivity contribution in [2.24, 2.45) is 0 Å². The number of para-hydroxylation sites is 2. The molecule has 0 aliphatic rings. The van der Waals surface area contributed by atoms with Crippen LogP contribution in [0.5, 0.6) is 0 Å². The summed E-state index contributed by atoms with van der Waals surface area (Å²) in [6.07, 6.45) is -1.00. The lowest BCUT2D eigenvalue weighted by molar-refractivity contribution is -0.146. The molecule has 0 N–H and O–H groups in total. The molecule has 1 atom stereocenters. The van der Waals surface area contributed by atoms with E-state index in [9.17, 15) is 14.4 Å². The Bertz CT molecular complexity index is 1020. The van der Waals surface area contributed by atoms with Gasteiger partial charge in [0, 0.05) is 17.1 Å². The lowest BCUT2D eigenvalue weighted by atomic mass is 10.1. The minimum absolute atomic E-state index is 0.0589. The Morgan fingerprint density at radius 3 is 2.73 bits per heavy atom. The summed E-state index contributed by atoms with van der Waals surface area (Å²) < 4.78 is 11.6. The summed E-state index contributed by atoms with van der Waals surface area (Å²) in [5.74, 6) is -1.46. The maximum absolute atomic E-state index is 12.3. The van der Waals surface area contributed by atoms with Crippen LogP contribution < -0.4 is 5.76 Å². The van der Waals surface area contributed by atoms with Crippen LogP contribution in [-0.2, 0) is 16.1 Å². The second-order valence-electron chi connectivity index (χ2n) is 5.74. The lowest BCUT2D eigenvalue weighted by Crippen LogP contribution is -2.25. The van der Waals surface area contributed by atoms with Crippen molar-refractivity contribution < 1.29 is 18.7 Å². The molecule has 0 bridgehead atoms. The molecule has 0 saturated heterocycles. The van der Waals surface area contributed by atoms with E-state index in [1.165, 1.54) is 17.6 Å². The summed E-state index contributed by atoms with van der Waals surface area (Å²) in [5.41, 5.74) is 1.43. The van der Waals surface area contributed by atoms with Crippen LogP contribution in [0.3, 0.4) is 0 Å². The highest BCUT2D eigenvalue weighted by atomic mass is 35.5. The molecular weight excluding hydrogens is 358 g/mol. The first-order valence-corrected chi connectivity index (χ1v) is 8.41. The van der Waals surface area contributed by atoms with Crippen molar-refractivity contribution in [3.63, 3.8) is 0 Å². The fraction of sp³-hybridized carbons (Fsp3) is 0.211. The number of fused-ring (bicyclic) bond motifs is 1. The number of benzene rings is 2. The third-order valence-corrected chi connectivity index (χ3v) is 4.13. The Morgan fingerprint density at radius 2 is 1.96 bits per heavy atom. The maximum Gasteiger partial charge on any atom is 0.419 e. The third kappa shape index (κ3) is 3.86. The summed E-state index contributed by atoms with van der Waals surface area (Å²) in [6.45, 7) is 1.60. The maximum atomic E-state index is 12.3. The number of hydrogen-bond acceptors (Lipinski definition) is 5. The second-order valence-corrected chi connectivity index (χ2v) is 6.18. The Balaban J connectivity index is 1.62. The number of carbonyl (C=O) groups is 2. The first-order chi connectivity index (χ1) is 12.5. The van der Waals surface area contributed by atoms with Crippen LogP contribution >= 0.6 is 11.6 Å². The monoisotopic (exact) mass is 373 g/mol. The normalized spacial score (nSPS) is 12.1. The molecule has 0 saturated carbocycles. The molecular formula is C19H16ClNO5. The van der Waals surface area contributed by atoms with Gasteiger partial charge < -0.3 is 9.15 Å². The van der Waals surface area contributed by atoms with Crippen molar-refractivity contribution in [2.45, 2.75) is 26.0 Å². The van der Waals surface area contributed by atoms with Crippen LogP contribution in [-0.4, -0.2) is 22.4 Å². The smallest absolute Gasteiger partial charge is 0.419 e. The minimum atomic E-state index is -0.946. The Morgan fingerprint density at radius 1 is 1.19 bits per heavy atom. The number of carbonyl (C=O) groups excluding carboxylic acids is 2. The molecule has 0 radical (unpaired) electrons. The topological polar surface area (TPSA) is 78.5 Å². The van der Waals surface area contributed by atoms with E-state index in [-0.39, 0.29) is 18.7 Å². The van der Waals surface area contributed by atoms with E-state index >= 15 is 0 Å². The molecule has 0 aliphatic carbocycles. The van der Waals surface area contributed by atoms with Gasteiger partial charge in [-0.15, -0.1) is 0 Å². The van der Waals surface area contributed by atoms with Crippen LogP contribution in [0, 0.1) is 0 Å². The molecule has 0 fully saturated rings. The summed E-state index contributed by atoms with van der Waals surface area (Å²) in [4.78, 5) is 36.2. The summed E-state index contributed by atoms with van der Waals surface area (Å²) >= 11 is 5.87. The van der Waals surface area contributed by atoms with Gasteiger partial charge in [-0.3, -0.25) is 14.2 Å². The molecule has 6 nitrogen and oxygen atoms in total. The molecule has 0 unspecified atom stereocenters. The van der Waals surface area contributed by atoms with Crippen molar-refractivity contribution in [3.8, 4) is 0 Å². The number of aryl methyl sites for hydroxylation is 1. The van der Waals surface area contributed by atoms with Gasteiger partial charge in [0.05, 0.1) is 11.9 Å². The summed E-state index contributed by atoms with van der Waals surface area (Å²) in [7, 11) is 0.